The minimum atomic E-state index is -4.32. The first-order valence-corrected chi connectivity index (χ1v) is 7.50. The van der Waals surface area contributed by atoms with Gasteiger partial charge in [0.15, 0.2) is 5.82 Å². The fourth-order valence-corrected chi connectivity index (χ4v) is 3.74. The second-order valence-electron chi connectivity index (χ2n) is 4.89. The summed E-state index contributed by atoms with van der Waals surface area (Å²) in [5.74, 6) is -4.89. The van der Waals surface area contributed by atoms with Gasteiger partial charge in [0, 0.05) is 13.1 Å². The van der Waals surface area contributed by atoms with Crippen LogP contribution in [0.4, 0.5) is 8.78 Å². The number of halogens is 2. The fraction of sp³-hybridized carbons (Fsp3) is 0.417. The van der Waals surface area contributed by atoms with Crippen LogP contribution in [0.15, 0.2) is 17.0 Å². The molecule has 21 heavy (non-hydrogen) atoms. The van der Waals surface area contributed by atoms with Crippen LogP contribution in [0.5, 0.6) is 0 Å². The van der Waals surface area contributed by atoms with Gasteiger partial charge in [0.1, 0.15) is 16.3 Å². The average Bonchev–Trinajstić information content (AvgIpc) is 2.34. The van der Waals surface area contributed by atoms with Gasteiger partial charge in [-0.2, -0.15) is 4.31 Å². The fourth-order valence-electron chi connectivity index (χ4n) is 2.07. The molecule has 116 valence electrons. The van der Waals surface area contributed by atoms with Crippen LogP contribution in [0.1, 0.15) is 23.7 Å². The van der Waals surface area contributed by atoms with Crippen LogP contribution in [-0.2, 0) is 10.0 Å². The van der Waals surface area contributed by atoms with Crippen LogP contribution in [-0.4, -0.2) is 47.6 Å². The molecule has 0 aromatic heterocycles. The van der Waals surface area contributed by atoms with Crippen LogP contribution >= 0.6 is 0 Å². The highest BCUT2D eigenvalue weighted by Crippen LogP contribution is 2.32. The van der Waals surface area contributed by atoms with Crippen molar-refractivity contribution in [1.82, 2.24) is 4.31 Å². The molecule has 0 saturated carbocycles. The first kappa shape index (κ1) is 15.8. The number of rotatable bonds is 4. The number of hydrogen-bond acceptors (Lipinski definition) is 4. The molecule has 1 saturated heterocycles. The van der Waals surface area contributed by atoms with Crippen LogP contribution < -0.4 is 0 Å². The lowest BCUT2D eigenvalue weighted by Gasteiger charge is -2.44. The van der Waals surface area contributed by atoms with Crippen molar-refractivity contribution in [3.8, 4) is 0 Å². The van der Waals surface area contributed by atoms with Crippen molar-refractivity contribution >= 4 is 16.0 Å². The number of nitrogens with zero attached hydrogens (tertiary/aromatic N) is 1. The standard InChI is InChI=1S/C12H13F2NO5S/c1-2-12(18)5-15(6-12)21(19,20)8-4-3-7(13)9(10(8)14)11(16)17/h3-4,18H,2,5-6H2,1H3,(H,16,17). The molecule has 0 unspecified atom stereocenters. The van der Waals surface area contributed by atoms with E-state index in [0.29, 0.717) is 18.6 Å². The number of carboxylic acid groups (broad SMARTS) is 1. The van der Waals surface area contributed by atoms with Crippen molar-refractivity contribution in [1.29, 1.82) is 0 Å². The quantitative estimate of drug-likeness (QED) is 0.856. The summed E-state index contributed by atoms with van der Waals surface area (Å²) in [7, 11) is -4.32. The number of aliphatic hydroxyl groups is 1. The van der Waals surface area contributed by atoms with Crippen molar-refractivity contribution in [2.24, 2.45) is 0 Å². The molecule has 6 nitrogen and oxygen atoms in total. The van der Waals surface area contributed by atoms with Crippen LogP contribution in [0.3, 0.4) is 0 Å². The molecule has 0 atom stereocenters. The van der Waals surface area contributed by atoms with Crippen molar-refractivity contribution in [3.63, 3.8) is 0 Å². The predicted octanol–water partition coefficient (Wildman–Crippen LogP) is 0.808. The van der Waals surface area contributed by atoms with Gasteiger partial charge in [-0.3, -0.25) is 0 Å². The van der Waals surface area contributed by atoms with E-state index in [1.807, 2.05) is 0 Å². The normalized spacial score (nSPS) is 18.3. The lowest BCUT2D eigenvalue weighted by molar-refractivity contribution is -0.0614. The summed E-state index contributed by atoms with van der Waals surface area (Å²) in [5.41, 5.74) is -2.48. The topological polar surface area (TPSA) is 94.9 Å². The van der Waals surface area contributed by atoms with Crippen molar-refractivity contribution < 1.29 is 32.2 Å². The maximum absolute atomic E-state index is 14.0. The number of aromatic carboxylic acids is 1. The number of β-amino-alcohol motifs (C(OH)–C–C–N with tert-alkyl or cyclic N) is 1. The van der Waals surface area contributed by atoms with Gasteiger partial charge in [0.2, 0.25) is 10.0 Å². The molecule has 0 radical (unpaired) electrons. The highest BCUT2D eigenvalue weighted by atomic mass is 32.2. The third kappa shape index (κ3) is 2.52. The van der Waals surface area contributed by atoms with Gasteiger partial charge in [-0.05, 0) is 18.6 Å². The molecule has 9 heteroatoms. The summed E-state index contributed by atoms with van der Waals surface area (Å²) in [6, 6.07) is 1.26. The van der Waals surface area contributed by atoms with Gasteiger partial charge < -0.3 is 10.2 Å². The Bertz CT molecular complexity index is 698. The Kier molecular flexibility index (Phi) is 3.77. The summed E-state index contributed by atoms with van der Waals surface area (Å²) in [6.07, 6.45) is 0.325. The van der Waals surface area contributed by atoms with Gasteiger partial charge in [-0.25, -0.2) is 22.0 Å². The summed E-state index contributed by atoms with van der Waals surface area (Å²) in [6.45, 7) is 1.24. The Morgan fingerprint density at radius 3 is 2.43 bits per heavy atom. The van der Waals surface area contributed by atoms with E-state index < -0.39 is 43.7 Å². The molecule has 1 aromatic carbocycles. The molecular weight excluding hydrogens is 308 g/mol. The second-order valence-corrected chi connectivity index (χ2v) is 6.80. The lowest BCUT2D eigenvalue weighted by atomic mass is 9.94. The minimum Gasteiger partial charge on any atom is -0.477 e. The van der Waals surface area contributed by atoms with Gasteiger partial charge in [-0.15, -0.1) is 0 Å². The van der Waals surface area contributed by atoms with Crippen LogP contribution in [0, 0.1) is 11.6 Å². The number of sulfonamides is 1. The minimum absolute atomic E-state index is 0.217. The molecular formula is C12H13F2NO5S. The smallest absolute Gasteiger partial charge is 0.341 e. The first-order valence-electron chi connectivity index (χ1n) is 6.06. The Balaban J connectivity index is 2.44. The van der Waals surface area contributed by atoms with Crippen molar-refractivity contribution in [2.75, 3.05) is 13.1 Å². The molecule has 0 spiro atoms. The van der Waals surface area contributed by atoms with Gasteiger partial charge in [0.25, 0.3) is 0 Å². The lowest BCUT2D eigenvalue weighted by Crippen LogP contribution is -2.62. The van der Waals surface area contributed by atoms with E-state index >= 15 is 0 Å². The highest BCUT2D eigenvalue weighted by Gasteiger charge is 2.47. The molecule has 0 aliphatic carbocycles. The maximum atomic E-state index is 14.0. The number of carboxylic acids is 1. The van der Waals surface area contributed by atoms with Gasteiger partial charge >= 0.3 is 5.97 Å². The third-order valence-corrected chi connectivity index (χ3v) is 5.30. The SMILES string of the molecule is CCC1(O)CN(S(=O)(=O)c2ccc(F)c(C(=O)O)c2F)C1. The Labute approximate surface area is 119 Å². The van der Waals surface area contributed by atoms with Crippen molar-refractivity contribution in [3.05, 3.63) is 29.3 Å². The molecule has 2 N–H and O–H groups in total. The van der Waals surface area contributed by atoms with E-state index in [4.69, 9.17) is 5.11 Å². The van der Waals surface area contributed by atoms with E-state index in [-0.39, 0.29) is 13.1 Å². The summed E-state index contributed by atoms with van der Waals surface area (Å²) in [5, 5.41) is 18.5. The van der Waals surface area contributed by atoms with E-state index in [0.717, 1.165) is 4.31 Å². The molecule has 0 bridgehead atoms. The number of hydrogen-bond donors (Lipinski definition) is 2. The molecule has 0 amide bonds. The average molecular weight is 321 g/mol. The summed E-state index contributed by atoms with van der Waals surface area (Å²) in [4.78, 5) is 9.88. The Morgan fingerprint density at radius 1 is 1.38 bits per heavy atom. The monoisotopic (exact) mass is 321 g/mol. The van der Waals surface area contributed by atoms with Crippen LogP contribution in [0.2, 0.25) is 0 Å². The van der Waals surface area contributed by atoms with Gasteiger partial charge in [0.05, 0.1) is 5.60 Å². The first-order chi connectivity index (χ1) is 9.62. The van der Waals surface area contributed by atoms with E-state index in [9.17, 15) is 27.1 Å². The molecule has 1 aliphatic heterocycles. The van der Waals surface area contributed by atoms with E-state index in [2.05, 4.69) is 0 Å². The highest BCUT2D eigenvalue weighted by molar-refractivity contribution is 7.89. The van der Waals surface area contributed by atoms with E-state index in [1.165, 1.54) is 0 Å². The van der Waals surface area contributed by atoms with Crippen LogP contribution in [0.25, 0.3) is 0 Å². The zero-order valence-electron chi connectivity index (χ0n) is 11.0. The zero-order valence-corrected chi connectivity index (χ0v) is 11.8. The molecule has 1 aliphatic rings. The molecule has 2 rings (SSSR count). The number of carbonyl (C=O) groups is 1. The second kappa shape index (κ2) is 5.00. The van der Waals surface area contributed by atoms with E-state index in [1.54, 1.807) is 6.92 Å². The summed E-state index contributed by atoms with van der Waals surface area (Å²) < 4.78 is 52.4. The Morgan fingerprint density at radius 2 is 1.95 bits per heavy atom. The number of benzene rings is 1. The summed E-state index contributed by atoms with van der Waals surface area (Å²) >= 11 is 0. The zero-order chi connectivity index (χ0) is 16.0. The predicted molar refractivity (Wildman–Crippen MR) is 67.3 cm³/mol. The Hall–Kier alpha value is -1.58. The molecule has 1 heterocycles. The molecule has 1 fully saturated rings. The van der Waals surface area contributed by atoms with Crippen molar-refractivity contribution in [2.45, 2.75) is 23.8 Å². The molecule has 1 aromatic rings. The van der Waals surface area contributed by atoms with Gasteiger partial charge in [-0.1, -0.05) is 6.92 Å². The maximum Gasteiger partial charge on any atom is 0.341 e. The largest absolute Gasteiger partial charge is 0.477 e. The third-order valence-electron chi connectivity index (χ3n) is 3.49.